The molecule has 186 valence electrons. The van der Waals surface area contributed by atoms with Crippen LogP contribution in [0.5, 0.6) is 5.75 Å². The number of esters is 2. The van der Waals surface area contributed by atoms with Crippen molar-refractivity contribution in [2.75, 3.05) is 13.2 Å². The van der Waals surface area contributed by atoms with E-state index in [0.29, 0.717) is 18.4 Å². The minimum absolute atomic E-state index is 0.0603. The standard InChI is InChI=1S/C27H24BrNO7/c1-16-2-11-21-22(14-16)26(33)29(25(21)32)13-12-24(31)35-15-23(30)17-5-9-20(10-6-17)36-27(34)18-3-7-19(28)8-4-18/h2-10,21-22H,11-15H2,1H3. The van der Waals surface area contributed by atoms with Crippen molar-refractivity contribution in [3.05, 3.63) is 75.8 Å². The normalized spacial score (nSPS) is 18.9. The summed E-state index contributed by atoms with van der Waals surface area (Å²) in [5.41, 5.74) is 1.75. The molecule has 2 aromatic carbocycles. The molecule has 2 aromatic rings. The van der Waals surface area contributed by atoms with Gasteiger partial charge >= 0.3 is 11.9 Å². The summed E-state index contributed by atoms with van der Waals surface area (Å²) in [5.74, 6) is -2.57. The van der Waals surface area contributed by atoms with Crippen molar-refractivity contribution in [3.63, 3.8) is 0 Å². The van der Waals surface area contributed by atoms with E-state index in [-0.39, 0.29) is 47.9 Å². The molecule has 36 heavy (non-hydrogen) atoms. The summed E-state index contributed by atoms with van der Waals surface area (Å²) >= 11 is 3.30. The van der Waals surface area contributed by atoms with E-state index in [9.17, 15) is 24.0 Å². The number of benzene rings is 2. The first-order valence-electron chi connectivity index (χ1n) is 11.5. The Morgan fingerprint density at radius 2 is 1.58 bits per heavy atom. The maximum atomic E-state index is 12.6. The summed E-state index contributed by atoms with van der Waals surface area (Å²) in [5, 5.41) is 0. The van der Waals surface area contributed by atoms with Crippen molar-refractivity contribution < 1.29 is 33.4 Å². The molecule has 1 heterocycles. The first-order valence-corrected chi connectivity index (χ1v) is 12.3. The number of Topliss-reactive ketones (excluding diaryl/α,β-unsaturated/α-hetero) is 1. The Morgan fingerprint density at radius 3 is 2.28 bits per heavy atom. The molecule has 1 fully saturated rings. The van der Waals surface area contributed by atoms with Gasteiger partial charge in [0.15, 0.2) is 12.4 Å². The summed E-state index contributed by atoms with van der Waals surface area (Å²) < 4.78 is 11.2. The number of likely N-dealkylation sites (tertiary alicyclic amines) is 1. The van der Waals surface area contributed by atoms with Crippen LogP contribution < -0.4 is 4.74 Å². The lowest BCUT2D eigenvalue weighted by Crippen LogP contribution is -2.33. The first-order chi connectivity index (χ1) is 17.2. The maximum Gasteiger partial charge on any atom is 0.343 e. The Hall–Kier alpha value is -3.59. The third-order valence-electron chi connectivity index (χ3n) is 6.28. The van der Waals surface area contributed by atoms with Gasteiger partial charge in [0, 0.05) is 16.6 Å². The van der Waals surface area contributed by atoms with E-state index >= 15 is 0 Å². The molecule has 0 aromatic heterocycles. The summed E-state index contributed by atoms with van der Waals surface area (Å²) in [6.07, 6.45) is 2.90. The fourth-order valence-corrected chi connectivity index (χ4v) is 4.56. The van der Waals surface area contributed by atoms with Gasteiger partial charge in [-0.3, -0.25) is 24.1 Å². The molecule has 2 unspecified atom stereocenters. The lowest BCUT2D eigenvalue weighted by Gasteiger charge is -2.19. The zero-order valence-corrected chi connectivity index (χ0v) is 21.2. The molecule has 8 nitrogen and oxygen atoms in total. The van der Waals surface area contributed by atoms with Crippen molar-refractivity contribution in [1.82, 2.24) is 4.90 Å². The molecule has 2 amide bonds. The van der Waals surface area contributed by atoms with Gasteiger partial charge in [0.1, 0.15) is 5.75 Å². The van der Waals surface area contributed by atoms with Gasteiger partial charge in [0.05, 0.1) is 23.8 Å². The van der Waals surface area contributed by atoms with Crippen LogP contribution in [0.25, 0.3) is 0 Å². The van der Waals surface area contributed by atoms with Crippen molar-refractivity contribution in [1.29, 1.82) is 0 Å². The van der Waals surface area contributed by atoms with E-state index in [0.717, 1.165) is 14.9 Å². The highest BCUT2D eigenvalue weighted by Crippen LogP contribution is 2.37. The molecule has 1 aliphatic carbocycles. The molecular weight excluding hydrogens is 530 g/mol. The highest BCUT2D eigenvalue weighted by atomic mass is 79.9. The topological polar surface area (TPSA) is 107 Å². The zero-order valence-electron chi connectivity index (χ0n) is 19.6. The Balaban J connectivity index is 1.23. The molecule has 9 heteroatoms. The summed E-state index contributed by atoms with van der Waals surface area (Å²) in [6, 6.07) is 12.6. The van der Waals surface area contributed by atoms with E-state index in [1.807, 2.05) is 13.0 Å². The highest BCUT2D eigenvalue weighted by Gasteiger charge is 2.47. The van der Waals surface area contributed by atoms with Crippen LogP contribution in [0.1, 0.15) is 46.9 Å². The zero-order chi connectivity index (χ0) is 25.8. The fourth-order valence-electron chi connectivity index (χ4n) is 4.29. The second-order valence-electron chi connectivity index (χ2n) is 8.79. The number of carbonyl (C=O) groups is 5. The van der Waals surface area contributed by atoms with Gasteiger partial charge in [-0.2, -0.15) is 0 Å². The molecule has 1 saturated heterocycles. The number of hydrogen-bond donors (Lipinski definition) is 0. The quantitative estimate of drug-likeness (QED) is 0.159. The van der Waals surface area contributed by atoms with Crippen LogP contribution in [0.15, 0.2) is 64.7 Å². The number of imide groups is 1. The van der Waals surface area contributed by atoms with E-state index in [1.54, 1.807) is 24.3 Å². The van der Waals surface area contributed by atoms with Crippen LogP contribution in [0, 0.1) is 11.8 Å². The number of carbonyl (C=O) groups excluding carboxylic acids is 5. The Labute approximate surface area is 216 Å². The lowest BCUT2D eigenvalue weighted by atomic mass is 9.82. The Morgan fingerprint density at radius 1 is 0.944 bits per heavy atom. The molecule has 0 radical (unpaired) electrons. The number of amides is 2. The molecule has 0 N–H and O–H groups in total. The van der Waals surface area contributed by atoms with Crippen LogP contribution in [0.2, 0.25) is 0 Å². The highest BCUT2D eigenvalue weighted by molar-refractivity contribution is 9.10. The van der Waals surface area contributed by atoms with Gasteiger partial charge in [-0.1, -0.05) is 27.6 Å². The predicted molar refractivity (Wildman–Crippen MR) is 132 cm³/mol. The maximum absolute atomic E-state index is 12.6. The smallest absolute Gasteiger partial charge is 0.343 e. The van der Waals surface area contributed by atoms with Crippen molar-refractivity contribution in [3.8, 4) is 5.75 Å². The van der Waals surface area contributed by atoms with Crippen LogP contribution in [0.4, 0.5) is 0 Å². The minimum atomic E-state index is -0.673. The number of halogens is 1. The monoisotopic (exact) mass is 553 g/mol. The number of nitrogens with zero attached hydrogens (tertiary/aromatic N) is 1. The first kappa shape index (κ1) is 25.5. The van der Waals surface area contributed by atoms with Gasteiger partial charge in [-0.15, -0.1) is 0 Å². The number of allylic oxidation sites excluding steroid dienone is 2. The fraction of sp³-hybridized carbons (Fsp3) is 0.296. The van der Waals surface area contributed by atoms with Crippen LogP contribution >= 0.6 is 15.9 Å². The van der Waals surface area contributed by atoms with Crippen LogP contribution in [-0.2, 0) is 19.1 Å². The summed E-state index contributed by atoms with van der Waals surface area (Å²) in [6.45, 7) is 1.40. The SMILES string of the molecule is CC1=CCC2C(=O)N(CCC(=O)OCC(=O)c3ccc(OC(=O)c4ccc(Br)cc4)cc3)C(=O)C2C1. The van der Waals surface area contributed by atoms with Gasteiger partial charge in [-0.25, -0.2) is 4.79 Å². The van der Waals surface area contributed by atoms with Crippen molar-refractivity contribution >= 4 is 45.5 Å². The third-order valence-corrected chi connectivity index (χ3v) is 6.81. The Kier molecular flexibility index (Phi) is 7.79. The summed E-state index contributed by atoms with van der Waals surface area (Å²) in [4.78, 5) is 63.0. The lowest BCUT2D eigenvalue weighted by molar-refractivity contribution is -0.145. The van der Waals surface area contributed by atoms with Gasteiger partial charge in [0.25, 0.3) is 0 Å². The van der Waals surface area contributed by atoms with E-state index < -0.39 is 24.3 Å². The second kappa shape index (κ2) is 11.0. The largest absolute Gasteiger partial charge is 0.457 e. The van der Waals surface area contributed by atoms with E-state index in [4.69, 9.17) is 9.47 Å². The number of ketones is 1. The molecule has 2 atom stereocenters. The molecule has 0 bridgehead atoms. The molecular formula is C27H24BrNO7. The number of hydrogen-bond acceptors (Lipinski definition) is 7. The number of ether oxygens (including phenoxy) is 2. The average Bonchev–Trinajstić information content (AvgIpc) is 3.10. The Bertz CT molecular complexity index is 1230. The van der Waals surface area contributed by atoms with Gasteiger partial charge in [-0.05, 0) is 68.3 Å². The van der Waals surface area contributed by atoms with Crippen molar-refractivity contribution in [2.24, 2.45) is 11.8 Å². The van der Waals surface area contributed by atoms with Gasteiger partial charge in [0.2, 0.25) is 11.8 Å². The second-order valence-corrected chi connectivity index (χ2v) is 9.70. The van der Waals surface area contributed by atoms with Crippen LogP contribution in [0.3, 0.4) is 0 Å². The molecule has 0 spiro atoms. The number of fused-ring (bicyclic) bond motifs is 1. The van der Waals surface area contributed by atoms with E-state index in [2.05, 4.69) is 15.9 Å². The van der Waals surface area contributed by atoms with Crippen molar-refractivity contribution in [2.45, 2.75) is 26.2 Å². The predicted octanol–water partition coefficient (Wildman–Crippen LogP) is 4.13. The number of rotatable bonds is 8. The molecule has 0 saturated carbocycles. The molecule has 4 rings (SSSR count). The average molecular weight is 554 g/mol. The minimum Gasteiger partial charge on any atom is -0.457 e. The molecule has 2 aliphatic rings. The molecule has 1 aliphatic heterocycles. The summed E-state index contributed by atoms with van der Waals surface area (Å²) in [7, 11) is 0. The van der Waals surface area contributed by atoms with E-state index in [1.165, 1.54) is 24.3 Å². The van der Waals surface area contributed by atoms with Gasteiger partial charge < -0.3 is 9.47 Å². The van der Waals surface area contributed by atoms with Crippen LogP contribution in [-0.4, -0.2) is 47.6 Å². The third kappa shape index (κ3) is 5.79.